The molecule has 3 heterocycles. The molecule has 0 spiro atoms. The van der Waals surface area contributed by atoms with Gasteiger partial charge in [0.1, 0.15) is 0 Å². The Bertz CT molecular complexity index is 3530. The second kappa shape index (κ2) is 12.9. The molecule has 0 aliphatic rings. The molecular weight excluding hydrogens is 705 g/mol. The van der Waals surface area contributed by atoms with Crippen LogP contribution in [-0.2, 0) is 6.54 Å². The Kier molecular flexibility index (Phi) is 7.26. The summed E-state index contributed by atoms with van der Waals surface area (Å²) in [5, 5.41) is 15.2. The van der Waals surface area contributed by atoms with E-state index in [0.717, 1.165) is 33.9 Å². The maximum Gasteiger partial charge on any atom is 0.202 e. The number of aromatic nitrogens is 4. The van der Waals surface area contributed by atoms with E-state index in [1.165, 1.54) is 70.7 Å². The molecule has 4 nitrogen and oxygen atoms in total. The predicted octanol–water partition coefficient (Wildman–Crippen LogP) is 12.8. The Morgan fingerprint density at radius 1 is 0.397 bits per heavy atom. The fraction of sp³-hybridized carbons (Fsp3) is 0.0185. The van der Waals surface area contributed by atoms with Crippen molar-refractivity contribution in [3.8, 4) is 33.9 Å². The Morgan fingerprint density at radius 2 is 1.02 bits per heavy atom. The minimum atomic E-state index is 0.675. The van der Waals surface area contributed by atoms with Crippen LogP contribution in [0.5, 0.6) is 0 Å². The van der Waals surface area contributed by atoms with Crippen molar-refractivity contribution in [2.75, 3.05) is 0 Å². The van der Waals surface area contributed by atoms with Crippen LogP contribution in [0.3, 0.4) is 0 Å². The van der Waals surface area contributed by atoms with E-state index < -0.39 is 0 Å². The third-order valence-electron chi connectivity index (χ3n) is 11.9. The van der Waals surface area contributed by atoms with Gasteiger partial charge in [-0.3, -0.25) is 4.68 Å². The molecule has 0 aliphatic heterocycles. The molecule has 0 saturated heterocycles. The highest BCUT2D eigenvalue weighted by molar-refractivity contribution is 6.29. The van der Waals surface area contributed by atoms with Crippen molar-refractivity contribution in [1.29, 1.82) is 0 Å². The lowest BCUT2D eigenvalue weighted by molar-refractivity contribution is -0.736. The molecule has 0 radical (unpaired) electrons. The summed E-state index contributed by atoms with van der Waals surface area (Å²) in [5.41, 5.74) is 12.7. The van der Waals surface area contributed by atoms with Gasteiger partial charge in [0.05, 0.1) is 27.6 Å². The highest BCUT2D eigenvalue weighted by Gasteiger charge is 2.21. The number of nitrogens with zero attached hydrogens (tertiary/aromatic N) is 4. The number of benzene rings is 9. The van der Waals surface area contributed by atoms with Crippen molar-refractivity contribution in [2.45, 2.75) is 6.54 Å². The highest BCUT2D eigenvalue weighted by atomic mass is 15.3. The Balaban J connectivity index is 1.05. The van der Waals surface area contributed by atoms with Crippen LogP contribution in [0.15, 0.2) is 206 Å². The van der Waals surface area contributed by atoms with Crippen molar-refractivity contribution in [3.05, 3.63) is 212 Å². The van der Waals surface area contributed by atoms with Crippen molar-refractivity contribution in [2.24, 2.45) is 0 Å². The summed E-state index contributed by atoms with van der Waals surface area (Å²) in [6.07, 6.45) is 0. The van der Waals surface area contributed by atoms with E-state index in [9.17, 15) is 0 Å². The molecular formula is C54H36N4. The lowest BCUT2D eigenvalue weighted by Gasteiger charge is -2.12. The van der Waals surface area contributed by atoms with Gasteiger partial charge in [0.2, 0.25) is 5.69 Å². The number of hydrogen-bond acceptors (Lipinski definition) is 0. The number of para-hydroxylation sites is 3. The van der Waals surface area contributed by atoms with Gasteiger partial charge in [0.25, 0.3) is 0 Å². The molecule has 12 rings (SSSR count). The van der Waals surface area contributed by atoms with E-state index in [2.05, 4.69) is 220 Å². The van der Waals surface area contributed by atoms with E-state index in [4.69, 9.17) is 5.10 Å². The minimum absolute atomic E-state index is 0.675. The zero-order valence-corrected chi connectivity index (χ0v) is 31.6. The third-order valence-corrected chi connectivity index (χ3v) is 11.9. The van der Waals surface area contributed by atoms with E-state index in [1.807, 2.05) is 0 Å². The van der Waals surface area contributed by atoms with Crippen molar-refractivity contribution < 1.29 is 4.68 Å². The Hall–Kier alpha value is -7.69. The van der Waals surface area contributed by atoms with Gasteiger partial charge in [-0.15, -0.1) is 0 Å². The zero-order chi connectivity index (χ0) is 38.2. The maximum atomic E-state index is 5.27. The standard InChI is InChI=1S/C54H36N4/c1-3-14-36(15-4-1)35-56-52(34-47(55-56)40-27-26-37-16-7-8-17-38(37)32-40)44-23-13-18-39-33-42(28-29-43(39)44)58-49-25-12-10-22-46(49)54-51(58)31-30-50-53(54)45-21-9-11-24-48(45)57(50)41-19-5-2-6-20-41/h1-34H,35H2. The van der Waals surface area contributed by atoms with Crippen molar-refractivity contribution in [1.82, 2.24) is 14.2 Å². The molecule has 12 aromatic rings. The van der Waals surface area contributed by atoms with E-state index in [0.29, 0.717) is 6.54 Å². The van der Waals surface area contributed by atoms with E-state index in [-0.39, 0.29) is 0 Å². The second-order valence-corrected chi connectivity index (χ2v) is 15.2. The van der Waals surface area contributed by atoms with Gasteiger partial charge in [-0.25, -0.2) is 0 Å². The predicted molar refractivity (Wildman–Crippen MR) is 240 cm³/mol. The number of rotatable bonds is 6. The molecule has 272 valence electrons. The molecule has 0 amide bonds. The van der Waals surface area contributed by atoms with Gasteiger partial charge in [0.15, 0.2) is 6.54 Å². The van der Waals surface area contributed by atoms with Gasteiger partial charge in [-0.1, -0.05) is 145 Å². The van der Waals surface area contributed by atoms with Crippen LogP contribution in [0, 0.1) is 0 Å². The average Bonchev–Trinajstić information content (AvgIpc) is 3.96. The van der Waals surface area contributed by atoms with Gasteiger partial charge < -0.3 is 14.2 Å². The first kappa shape index (κ1) is 32.5. The fourth-order valence-corrected chi connectivity index (χ4v) is 9.29. The largest absolute Gasteiger partial charge is 0.409 e. The third kappa shape index (κ3) is 5.05. The van der Waals surface area contributed by atoms with Gasteiger partial charge >= 0.3 is 0 Å². The van der Waals surface area contributed by atoms with Crippen molar-refractivity contribution in [3.63, 3.8) is 0 Å². The topological polar surface area (TPSA) is 27.8 Å². The molecule has 0 saturated carbocycles. The number of hydrogen-bond donors (Lipinski definition) is 0. The zero-order valence-electron chi connectivity index (χ0n) is 31.6. The SMILES string of the molecule is c1ccc(C[n+]2[n-]c(-c3ccc4ccccc4c3)cc2-c2cccc3cc(-n4c5ccccc5c5c6c7ccccc7n(-c7ccccc7)c6ccc54)ccc23)cc1. The molecule has 3 aromatic heterocycles. The maximum absolute atomic E-state index is 5.27. The molecule has 0 unspecified atom stereocenters. The molecule has 0 fully saturated rings. The lowest BCUT2D eigenvalue weighted by atomic mass is 10.00. The normalized spacial score (nSPS) is 11.9. The molecule has 9 aromatic carbocycles. The molecule has 58 heavy (non-hydrogen) atoms. The fourth-order valence-electron chi connectivity index (χ4n) is 9.29. The van der Waals surface area contributed by atoms with E-state index in [1.54, 1.807) is 0 Å². The minimum Gasteiger partial charge on any atom is -0.409 e. The van der Waals surface area contributed by atoms with Crippen LogP contribution < -0.4 is 9.78 Å². The summed E-state index contributed by atoms with van der Waals surface area (Å²) in [5.74, 6) is 0. The summed E-state index contributed by atoms with van der Waals surface area (Å²) in [4.78, 5) is 0. The van der Waals surface area contributed by atoms with Crippen molar-refractivity contribution >= 4 is 65.2 Å². The molecule has 0 aliphatic carbocycles. The summed E-state index contributed by atoms with van der Waals surface area (Å²) in [6.45, 7) is 0.675. The lowest BCUT2D eigenvalue weighted by Crippen LogP contribution is -2.40. The van der Waals surface area contributed by atoms with Gasteiger partial charge in [-0.05, 0) is 93.8 Å². The van der Waals surface area contributed by atoms with Crippen LogP contribution >= 0.6 is 0 Å². The van der Waals surface area contributed by atoms with Crippen LogP contribution in [0.25, 0.3) is 99.0 Å². The van der Waals surface area contributed by atoms with Gasteiger partial charge in [-0.2, -0.15) is 0 Å². The summed E-state index contributed by atoms with van der Waals surface area (Å²) in [7, 11) is 0. The van der Waals surface area contributed by atoms with Crippen LogP contribution in [0.1, 0.15) is 5.56 Å². The first-order chi connectivity index (χ1) is 28.8. The molecule has 0 N–H and O–H groups in total. The summed E-state index contributed by atoms with van der Waals surface area (Å²) >= 11 is 0. The molecule has 4 heteroatoms. The van der Waals surface area contributed by atoms with Crippen LogP contribution in [0.4, 0.5) is 0 Å². The number of fused-ring (bicyclic) bond motifs is 9. The average molecular weight is 741 g/mol. The van der Waals surface area contributed by atoms with E-state index >= 15 is 0 Å². The molecule has 0 atom stereocenters. The quantitative estimate of drug-likeness (QED) is 0.156. The van der Waals surface area contributed by atoms with Crippen LogP contribution in [-0.4, -0.2) is 9.13 Å². The molecule has 0 bridgehead atoms. The van der Waals surface area contributed by atoms with Gasteiger partial charge in [0, 0.05) is 38.5 Å². The Labute approximate surface area is 335 Å². The Morgan fingerprint density at radius 3 is 1.76 bits per heavy atom. The highest BCUT2D eigenvalue weighted by Crippen LogP contribution is 2.43. The first-order valence-electron chi connectivity index (χ1n) is 19.9. The summed E-state index contributed by atoms with van der Waals surface area (Å²) in [6, 6.07) is 74.7. The first-order valence-corrected chi connectivity index (χ1v) is 19.9. The monoisotopic (exact) mass is 740 g/mol. The van der Waals surface area contributed by atoms with Crippen LogP contribution in [0.2, 0.25) is 0 Å². The summed E-state index contributed by atoms with van der Waals surface area (Å²) < 4.78 is 7.02. The smallest absolute Gasteiger partial charge is 0.202 e. The second-order valence-electron chi connectivity index (χ2n) is 15.2.